The molecule has 0 saturated carbocycles. The molecule has 1 aromatic rings. The van der Waals surface area contributed by atoms with Crippen LogP contribution >= 0.6 is 11.3 Å². The Hall–Kier alpha value is -1.13. The molecule has 1 saturated heterocycles. The maximum absolute atomic E-state index is 11.9. The standard InChI is InChI=1S/C13H18N2OS/c1-2-7-15-8-5-11(6-9-15)14-13(16)12-4-3-10-17-12/h2-4,10-11H,1,5-9H2,(H,14,16). The molecule has 0 aromatic carbocycles. The van der Waals surface area contributed by atoms with Crippen molar-refractivity contribution < 1.29 is 4.79 Å². The Morgan fingerprint density at radius 1 is 1.59 bits per heavy atom. The van der Waals surface area contributed by atoms with Crippen molar-refractivity contribution in [1.82, 2.24) is 10.2 Å². The highest BCUT2D eigenvalue weighted by Crippen LogP contribution is 2.13. The summed E-state index contributed by atoms with van der Waals surface area (Å²) in [6.07, 6.45) is 4.00. The fourth-order valence-corrected chi connectivity index (χ4v) is 2.73. The first-order valence-corrected chi connectivity index (χ1v) is 6.85. The van der Waals surface area contributed by atoms with E-state index in [9.17, 15) is 4.79 Å². The van der Waals surface area contributed by atoms with Crippen LogP contribution in [-0.4, -0.2) is 36.5 Å². The summed E-state index contributed by atoms with van der Waals surface area (Å²) in [6, 6.07) is 4.10. The predicted octanol–water partition coefficient (Wildman–Crippen LogP) is 2.13. The summed E-state index contributed by atoms with van der Waals surface area (Å²) in [6.45, 7) is 6.78. The van der Waals surface area contributed by atoms with Gasteiger partial charge in [0.05, 0.1) is 4.88 Å². The highest BCUT2D eigenvalue weighted by molar-refractivity contribution is 7.12. The second-order valence-electron chi connectivity index (χ2n) is 4.31. The fraction of sp³-hybridized carbons (Fsp3) is 0.462. The van der Waals surface area contributed by atoms with E-state index in [1.165, 1.54) is 11.3 Å². The zero-order valence-electron chi connectivity index (χ0n) is 9.89. The highest BCUT2D eigenvalue weighted by atomic mass is 32.1. The van der Waals surface area contributed by atoms with Crippen molar-refractivity contribution in [3.63, 3.8) is 0 Å². The van der Waals surface area contributed by atoms with Crippen molar-refractivity contribution >= 4 is 17.2 Å². The maximum Gasteiger partial charge on any atom is 0.261 e. The van der Waals surface area contributed by atoms with Crippen LogP contribution in [0.5, 0.6) is 0 Å². The first kappa shape index (κ1) is 12.3. The molecule has 0 atom stereocenters. The highest BCUT2D eigenvalue weighted by Gasteiger charge is 2.20. The lowest BCUT2D eigenvalue weighted by molar-refractivity contribution is 0.0918. The third-order valence-corrected chi connectivity index (χ3v) is 3.92. The number of hydrogen-bond donors (Lipinski definition) is 1. The lowest BCUT2D eigenvalue weighted by Gasteiger charge is -2.31. The second-order valence-corrected chi connectivity index (χ2v) is 5.26. The molecule has 1 fully saturated rings. The van der Waals surface area contributed by atoms with Crippen LogP contribution in [0.4, 0.5) is 0 Å². The van der Waals surface area contributed by atoms with E-state index in [1.54, 1.807) is 0 Å². The Kier molecular flexibility index (Phi) is 4.34. The molecule has 0 aliphatic carbocycles. The van der Waals surface area contributed by atoms with Crippen molar-refractivity contribution in [2.45, 2.75) is 18.9 Å². The first-order valence-electron chi connectivity index (χ1n) is 5.97. The third-order valence-electron chi connectivity index (χ3n) is 3.06. The number of thiophene rings is 1. The van der Waals surface area contributed by atoms with Crippen molar-refractivity contribution in [2.75, 3.05) is 19.6 Å². The van der Waals surface area contributed by atoms with Gasteiger partial charge >= 0.3 is 0 Å². The molecule has 1 aromatic heterocycles. The van der Waals surface area contributed by atoms with E-state index in [0.29, 0.717) is 6.04 Å². The van der Waals surface area contributed by atoms with Crippen LogP contribution in [0.3, 0.4) is 0 Å². The first-order chi connectivity index (χ1) is 8.29. The van der Waals surface area contributed by atoms with Crippen LogP contribution in [0.2, 0.25) is 0 Å². The van der Waals surface area contributed by atoms with Gasteiger partial charge in [0.15, 0.2) is 0 Å². The summed E-state index contributed by atoms with van der Waals surface area (Å²) in [5.74, 6) is 0.0715. The quantitative estimate of drug-likeness (QED) is 0.830. The van der Waals surface area contributed by atoms with Crippen LogP contribution in [0.15, 0.2) is 30.2 Å². The Morgan fingerprint density at radius 2 is 2.35 bits per heavy atom. The maximum atomic E-state index is 11.9. The van der Waals surface area contributed by atoms with E-state index < -0.39 is 0 Å². The molecule has 4 heteroatoms. The zero-order chi connectivity index (χ0) is 12.1. The number of likely N-dealkylation sites (tertiary alicyclic amines) is 1. The SMILES string of the molecule is C=CCN1CCC(NC(=O)c2cccs2)CC1. The monoisotopic (exact) mass is 250 g/mol. The van der Waals surface area contributed by atoms with Crippen molar-refractivity contribution in [1.29, 1.82) is 0 Å². The molecule has 2 heterocycles. The number of nitrogens with one attached hydrogen (secondary N) is 1. The number of nitrogens with zero attached hydrogens (tertiary/aromatic N) is 1. The van der Waals surface area contributed by atoms with Crippen molar-refractivity contribution in [2.24, 2.45) is 0 Å². The Bertz CT molecular complexity index is 367. The molecule has 0 spiro atoms. The summed E-state index contributed by atoms with van der Waals surface area (Å²) in [5, 5.41) is 5.04. The minimum Gasteiger partial charge on any atom is -0.349 e. The predicted molar refractivity (Wildman–Crippen MR) is 71.4 cm³/mol. The molecule has 1 N–H and O–H groups in total. The normalized spacial score (nSPS) is 17.9. The van der Waals surface area contributed by atoms with Gasteiger partial charge in [0.25, 0.3) is 5.91 Å². The molecule has 0 radical (unpaired) electrons. The minimum atomic E-state index is 0.0715. The molecule has 2 rings (SSSR count). The van der Waals surface area contributed by atoms with Crippen LogP contribution < -0.4 is 5.32 Å². The molecule has 3 nitrogen and oxygen atoms in total. The lowest BCUT2D eigenvalue weighted by Crippen LogP contribution is -2.44. The summed E-state index contributed by atoms with van der Waals surface area (Å²) in [4.78, 5) is 15.0. The molecule has 0 unspecified atom stereocenters. The van der Waals surface area contributed by atoms with Gasteiger partial charge in [-0.1, -0.05) is 12.1 Å². The summed E-state index contributed by atoms with van der Waals surface area (Å²) < 4.78 is 0. The lowest BCUT2D eigenvalue weighted by atomic mass is 10.1. The van der Waals surface area contributed by atoms with Gasteiger partial charge in [-0.05, 0) is 24.3 Å². The summed E-state index contributed by atoms with van der Waals surface area (Å²) in [5.41, 5.74) is 0. The van der Waals surface area contributed by atoms with Gasteiger partial charge in [-0.25, -0.2) is 0 Å². The molecular formula is C13H18N2OS. The number of carbonyl (C=O) groups excluding carboxylic acids is 1. The smallest absolute Gasteiger partial charge is 0.261 e. The average Bonchev–Trinajstić information content (AvgIpc) is 2.86. The topological polar surface area (TPSA) is 32.3 Å². The van der Waals surface area contributed by atoms with Crippen LogP contribution in [-0.2, 0) is 0 Å². The average molecular weight is 250 g/mol. The van der Waals surface area contributed by atoms with Gasteiger partial charge < -0.3 is 5.32 Å². The Morgan fingerprint density at radius 3 is 2.94 bits per heavy atom. The molecule has 1 amide bonds. The fourth-order valence-electron chi connectivity index (χ4n) is 2.11. The Balaban J connectivity index is 1.78. The molecule has 1 aliphatic heterocycles. The summed E-state index contributed by atoms with van der Waals surface area (Å²) in [7, 11) is 0. The number of carbonyl (C=O) groups is 1. The molecular weight excluding hydrogens is 232 g/mol. The molecule has 17 heavy (non-hydrogen) atoms. The van der Waals surface area contributed by atoms with Gasteiger partial charge in [0, 0.05) is 25.7 Å². The van der Waals surface area contributed by atoms with Crippen molar-refractivity contribution in [3.8, 4) is 0 Å². The van der Waals surface area contributed by atoms with Gasteiger partial charge in [0.2, 0.25) is 0 Å². The largest absolute Gasteiger partial charge is 0.349 e. The van der Waals surface area contributed by atoms with Gasteiger partial charge in [-0.3, -0.25) is 9.69 Å². The van der Waals surface area contributed by atoms with Gasteiger partial charge in [-0.15, -0.1) is 17.9 Å². The van der Waals surface area contributed by atoms with Crippen LogP contribution in [0.25, 0.3) is 0 Å². The minimum absolute atomic E-state index is 0.0715. The van der Waals surface area contributed by atoms with Gasteiger partial charge in [0.1, 0.15) is 0 Å². The molecule has 0 bridgehead atoms. The number of rotatable bonds is 4. The Labute approximate surface area is 106 Å². The molecule has 1 aliphatic rings. The number of piperidine rings is 1. The summed E-state index contributed by atoms with van der Waals surface area (Å²) >= 11 is 1.49. The van der Waals surface area contributed by atoms with Gasteiger partial charge in [-0.2, -0.15) is 0 Å². The third kappa shape index (κ3) is 3.41. The van der Waals surface area contributed by atoms with E-state index in [-0.39, 0.29) is 5.91 Å². The van der Waals surface area contributed by atoms with E-state index in [4.69, 9.17) is 0 Å². The van der Waals surface area contributed by atoms with E-state index >= 15 is 0 Å². The number of amides is 1. The van der Waals surface area contributed by atoms with Crippen molar-refractivity contribution in [3.05, 3.63) is 35.0 Å². The zero-order valence-corrected chi connectivity index (χ0v) is 10.7. The van der Waals surface area contributed by atoms with Crippen LogP contribution in [0.1, 0.15) is 22.5 Å². The van der Waals surface area contributed by atoms with E-state index in [0.717, 1.165) is 37.4 Å². The second kappa shape index (κ2) is 5.98. The van der Waals surface area contributed by atoms with E-state index in [1.807, 2.05) is 23.6 Å². The van der Waals surface area contributed by atoms with Crippen LogP contribution in [0, 0.1) is 0 Å². The number of hydrogen-bond acceptors (Lipinski definition) is 3. The van der Waals surface area contributed by atoms with E-state index in [2.05, 4.69) is 16.8 Å². The molecule has 92 valence electrons.